The van der Waals surface area contributed by atoms with Gasteiger partial charge in [-0.15, -0.1) is 0 Å². The lowest BCUT2D eigenvalue weighted by molar-refractivity contribution is -0.137. The van der Waals surface area contributed by atoms with Crippen LogP contribution in [0.1, 0.15) is 47.8 Å². The van der Waals surface area contributed by atoms with Crippen LogP contribution in [0.5, 0.6) is 0 Å². The molecule has 0 saturated carbocycles. The predicted molar refractivity (Wildman–Crippen MR) is 97.5 cm³/mol. The standard InChI is InChI=1S/C21H24N2O3/c24-20(23-12-4-8-18(23)16-6-2-1-3-7-16)17-10-13-22(14-11-17)21(25)19-9-5-15-26-19/h1-3,5-7,9,15,17-18H,4,8,10-14H2/t18-/m0/s1. The van der Waals surface area contributed by atoms with Crippen molar-refractivity contribution in [3.8, 4) is 0 Å². The Hall–Kier alpha value is -2.56. The van der Waals surface area contributed by atoms with Gasteiger partial charge in [-0.05, 0) is 43.4 Å². The molecule has 0 N–H and O–H groups in total. The van der Waals surface area contributed by atoms with Crippen LogP contribution in [0.2, 0.25) is 0 Å². The average molecular weight is 352 g/mol. The molecule has 3 heterocycles. The Labute approximate surface area is 153 Å². The van der Waals surface area contributed by atoms with Crippen LogP contribution in [-0.2, 0) is 4.79 Å². The van der Waals surface area contributed by atoms with Crippen molar-refractivity contribution in [3.05, 3.63) is 60.1 Å². The molecule has 2 amide bonds. The zero-order chi connectivity index (χ0) is 17.9. The second-order valence-electron chi connectivity index (χ2n) is 7.14. The molecule has 2 aromatic rings. The molecule has 2 aliphatic heterocycles. The Balaban J connectivity index is 1.38. The van der Waals surface area contributed by atoms with Gasteiger partial charge in [-0.25, -0.2) is 0 Å². The summed E-state index contributed by atoms with van der Waals surface area (Å²) in [5.74, 6) is 0.559. The zero-order valence-corrected chi connectivity index (χ0v) is 14.8. The van der Waals surface area contributed by atoms with Gasteiger partial charge in [-0.1, -0.05) is 30.3 Å². The second-order valence-corrected chi connectivity index (χ2v) is 7.14. The van der Waals surface area contributed by atoms with Crippen molar-refractivity contribution in [2.45, 2.75) is 31.7 Å². The highest BCUT2D eigenvalue weighted by Gasteiger charge is 2.36. The van der Waals surface area contributed by atoms with E-state index in [9.17, 15) is 9.59 Å². The minimum absolute atomic E-state index is 0.0139. The minimum Gasteiger partial charge on any atom is -0.459 e. The van der Waals surface area contributed by atoms with E-state index in [0.717, 1.165) is 32.2 Å². The smallest absolute Gasteiger partial charge is 0.289 e. The molecule has 2 fully saturated rings. The van der Waals surface area contributed by atoms with Gasteiger partial charge < -0.3 is 14.2 Å². The predicted octanol–water partition coefficient (Wildman–Crippen LogP) is 3.50. The van der Waals surface area contributed by atoms with Crippen molar-refractivity contribution in [3.63, 3.8) is 0 Å². The van der Waals surface area contributed by atoms with Gasteiger partial charge in [0.05, 0.1) is 12.3 Å². The third-order valence-electron chi connectivity index (χ3n) is 5.58. The first-order valence-corrected chi connectivity index (χ1v) is 9.42. The van der Waals surface area contributed by atoms with Crippen LogP contribution in [0.25, 0.3) is 0 Å². The van der Waals surface area contributed by atoms with Gasteiger partial charge in [0, 0.05) is 25.6 Å². The van der Waals surface area contributed by atoms with E-state index in [1.807, 2.05) is 18.2 Å². The van der Waals surface area contributed by atoms with Crippen LogP contribution in [0.4, 0.5) is 0 Å². The third-order valence-corrected chi connectivity index (χ3v) is 5.58. The molecule has 1 aromatic carbocycles. The summed E-state index contributed by atoms with van der Waals surface area (Å²) in [4.78, 5) is 29.3. The molecule has 2 saturated heterocycles. The molecule has 136 valence electrons. The van der Waals surface area contributed by atoms with Crippen molar-refractivity contribution in [2.24, 2.45) is 5.92 Å². The Morgan fingerprint density at radius 1 is 0.923 bits per heavy atom. The van der Waals surface area contributed by atoms with Crippen molar-refractivity contribution in [1.82, 2.24) is 9.80 Å². The summed E-state index contributed by atoms with van der Waals surface area (Å²) in [5, 5.41) is 0. The molecular formula is C21H24N2O3. The minimum atomic E-state index is -0.0794. The fourth-order valence-electron chi connectivity index (χ4n) is 4.17. The van der Waals surface area contributed by atoms with Crippen LogP contribution in [-0.4, -0.2) is 41.2 Å². The summed E-state index contributed by atoms with van der Waals surface area (Å²) in [6.45, 7) is 2.06. The van der Waals surface area contributed by atoms with E-state index >= 15 is 0 Å². The van der Waals surface area contributed by atoms with Gasteiger partial charge in [0.15, 0.2) is 5.76 Å². The number of benzene rings is 1. The number of likely N-dealkylation sites (tertiary alicyclic amines) is 2. The molecule has 5 heteroatoms. The number of nitrogens with zero attached hydrogens (tertiary/aromatic N) is 2. The molecule has 0 bridgehead atoms. The molecule has 26 heavy (non-hydrogen) atoms. The number of carbonyl (C=O) groups excluding carboxylic acids is 2. The monoisotopic (exact) mass is 352 g/mol. The van der Waals surface area contributed by atoms with Crippen molar-refractivity contribution < 1.29 is 14.0 Å². The van der Waals surface area contributed by atoms with Gasteiger partial charge in [-0.2, -0.15) is 0 Å². The number of amides is 2. The first-order valence-electron chi connectivity index (χ1n) is 9.42. The maximum atomic E-state index is 13.1. The van der Waals surface area contributed by atoms with Crippen molar-refractivity contribution >= 4 is 11.8 Å². The Kier molecular flexibility index (Phi) is 4.78. The van der Waals surface area contributed by atoms with Gasteiger partial charge in [-0.3, -0.25) is 9.59 Å². The first-order chi connectivity index (χ1) is 12.7. The molecular weight excluding hydrogens is 328 g/mol. The fourth-order valence-corrected chi connectivity index (χ4v) is 4.17. The van der Waals surface area contributed by atoms with E-state index in [4.69, 9.17) is 4.42 Å². The molecule has 4 rings (SSSR count). The van der Waals surface area contributed by atoms with E-state index in [1.165, 1.54) is 11.8 Å². The number of furan rings is 1. The maximum absolute atomic E-state index is 13.1. The highest BCUT2D eigenvalue weighted by Crippen LogP contribution is 2.34. The zero-order valence-electron chi connectivity index (χ0n) is 14.8. The first kappa shape index (κ1) is 16.9. The normalized spacial score (nSPS) is 21.2. The summed E-state index contributed by atoms with van der Waals surface area (Å²) >= 11 is 0. The summed E-state index contributed by atoms with van der Waals surface area (Å²) in [6, 6.07) is 13.9. The van der Waals surface area contributed by atoms with Crippen LogP contribution < -0.4 is 0 Å². The van der Waals surface area contributed by atoms with Crippen LogP contribution in [0.15, 0.2) is 53.1 Å². The van der Waals surface area contributed by atoms with Crippen molar-refractivity contribution in [2.75, 3.05) is 19.6 Å². The number of rotatable bonds is 3. The number of hydrogen-bond acceptors (Lipinski definition) is 3. The Bertz CT molecular complexity index is 749. The lowest BCUT2D eigenvalue weighted by Crippen LogP contribution is -2.44. The second kappa shape index (κ2) is 7.36. The number of piperidine rings is 1. The van der Waals surface area contributed by atoms with E-state index in [-0.39, 0.29) is 23.8 Å². The van der Waals surface area contributed by atoms with E-state index in [0.29, 0.717) is 18.8 Å². The quantitative estimate of drug-likeness (QED) is 0.850. The lowest BCUT2D eigenvalue weighted by Gasteiger charge is -2.34. The maximum Gasteiger partial charge on any atom is 0.289 e. The molecule has 0 radical (unpaired) electrons. The van der Waals surface area contributed by atoms with E-state index in [1.54, 1.807) is 17.0 Å². The van der Waals surface area contributed by atoms with Crippen molar-refractivity contribution in [1.29, 1.82) is 0 Å². The molecule has 5 nitrogen and oxygen atoms in total. The summed E-state index contributed by atoms with van der Waals surface area (Å²) < 4.78 is 5.20. The van der Waals surface area contributed by atoms with Gasteiger partial charge in [0.2, 0.25) is 5.91 Å². The van der Waals surface area contributed by atoms with E-state index < -0.39 is 0 Å². The third kappa shape index (κ3) is 3.26. The van der Waals surface area contributed by atoms with Crippen LogP contribution in [0.3, 0.4) is 0 Å². The largest absolute Gasteiger partial charge is 0.459 e. The SMILES string of the molecule is O=C(c1ccco1)N1CCC(C(=O)N2CCC[C@H]2c2ccccc2)CC1. The van der Waals surface area contributed by atoms with Crippen LogP contribution in [0, 0.1) is 5.92 Å². The molecule has 1 atom stereocenters. The molecule has 0 unspecified atom stereocenters. The molecule has 2 aliphatic rings. The van der Waals surface area contributed by atoms with Gasteiger partial charge >= 0.3 is 0 Å². The molecule has 1 aromatic heterocycles. The lowest BCUT2D eigenvalue weighted by atomic mass is 9.94. The highest BCUT2D eigenvalue weighted by molar-refractivity contribution is 5.91. The molecule has 0 aliphatic carbocycles. The Morgan fingerprint density at radius 3 is 2.38 bits per heavy atom. The van der Waals surface area contributed by atoms with E-state index in [2.05, 4.69) is 17.0 Å². The van der Waals surface area contributed by atoms with Gasteiger partial charge in [0.1, 0.15) is 0 Å². The van der Waals surface area contributed by atoms with Gasteiger partial charge in [0.25, 0.3) is 5.91 Å². The molecule has 0 spiro atoms. The average Bonchev–Trinajstić information content (AvgIpc) is 3.39. The summed E-state index contributed by atoms with van der Waals surface area (Å²) in [6.07, 6.45) is 5.06. The summed E-state index contributed by atoms with van der Waals surface area (Å²) in [5.41, 5.74) is 1.23. The topological polar surface area (TPSA) is 53.8 Å². The Morgan fingerprint density at radius 2 is 1.69 bits per heavy atom. The highest BCUT2D eigenvalue weighted by atomic mass is 16.3. The number of carbonyl (C=O) groups is 2. The van der Waals surface area contributed by atoms with Crippen LogP contribution >= 0.6 is 0 Å². The number of hydrogen-bond donors (Lipinski definition) is 0. The fraction of sp³-hybridized carbons (Fsp3) is 0.429. The summed E-state index contributed by atoms with van der Waals surface area (Å²) in [7, 11) is 0.